The minimum atomic E-state index is 0.475. The van der Waals surface area contributed by atoms with E-state index in [1.807, 2.05) is 19.4 Å². The molecule has 2 aromatic heterocycles. The highest BCUT2D eigenvalue weighted by Crippen LogP contribution is 2.23. The second kappa shape index (κ2) is 6.28. The van der Waals surface area contributed by atoms with Gasteiger partial charge in [0, 0.05) is 23.3 Å². The topological polar surface area (TPSA) is 24.9 Å². The van der Waals surface area contributed by atoms with E-state index in [4.69, 9.17) is 0 Å². The highest BCUT2D eigenvalue weighted by molar-refractivity contribution is 9.11. The summed E-state index contributed by atoms with van der Waals surface area (Å²) < 4.78 is 1.20. The molecule has 0 radical (unpaired) electrons. The average Bonchev–Trinajstić information content (AvgIpc) is 2.75. The van der Waals surface area contributed by atoms with Crippen molar-refractivity contribution in [1.82, 2.24) is 10.3 Å². The molecule has 1 unspecified atom stereocenters. The molecule has 0 bridgehead atoms. The van der Waals surface area contributed by atoms with Crippen LogP contribution < -0.4 is 5.32 Å². The Kier molecular flexibility index (Phi) is 4.71. The Morgan fingerprint density at radius 2 is 2.00 bits per heavy atom. The van der Waals surface area contributed by atoms with Crippen LogP contribution in [0.25, 0.3) is 0 Å². The molecule has 0 aliphatic carbocycles. The molecule has 0 spiro atoms. The highest BCUT2D eigenvalue weighted by atomic mass is 79.9. The molecule has 1 N–H and O–H groups in total. The van der Waals surface area contributed by atoms with Crippen molar-refractivity contribution in [2.24, 2.45) is 0 Å². The molecule has 2 heterocycles. The van der Waals surface area contributed by atoms with Gasteiger partial charge in [0.05, 0.1) is 3.79 Å². The predicted octanol–water partition coefficient (Wildman–Crippen LogP) is 3.28. The van der Waals surface area contributed by atoms with Crippen molar-refractivity contribution in [3.05, 3.63) is 50.9 Å². The van der Waals surface area contributed by atoms with Crippen LogP contribution in [-0.2, 0) is 12.8 Å². The molecule has 1 atom stereocenters. The number of rotatable bonds is 5. The van der Waals surface area contributed by atoms with Crippen LogP contribution in [0.1, 0.15) is 10.4 Å². The summed E-state index contributed by atoms with van der Waals surface area (Å²) in [6.07, 6.45) is 5.80. The smallest absolute Gasteiger partial charge is 0.0701 e. The molecule has 0 amide bonds. The quantitative estimate of drug-likeness (QED) is 0.916. The minimum Gasteiger partial charge on any atom is -0.316 e. The van der Waals surface area contributed by atoms with Gasteiger partial charge in [0.1, 0.15) is 0 Å². The largest absolute Gasteiger partial charge is 0.316 e. The predicted molar refractivity (Wildman–Crippen MR) is 76.5 cm³/mol. The van der Waals surface area contributed by atoms with E-state index in [-0.39, 0.29) is 0 Å². The number of halogens is 1. The molecule has 2 rings (SSSR count). The van der Waals surface area contributed by atoms with Crippen molar-refractivity contribution in [2.45, 2.75) is 18.9 Å². The number of hydrogen-bond acceptors (Lipinski definition) is 3. The van der Waals surface area contributed by atoms with E-state index in [0.29, 0.717) is 6.04 Å². The zero-order chi connectivity index (χ0) is 12.1. The van der Waals surface area contributed by atoms with E-state index in [1.165, 1.54) is 14.2 Å². The van der Waals surface area contributed by atoms with E-state index < -0.39 is 0 Å². The fourth-order valence-electron chi connectivity index (χ4n) is 1.78. The fraction of sp³-hybridized carbons (Fsp3) is 0.308. The van der Waals surface area contributed by atoms with Crippen LogP contribution >= 0.6 is 27.3 Å². The molecular formula is C13H15BrN2S. The maximum absolute atomic E-state index is 4.04. The molecule has 0 fully saturated rings. The third kappa shape index (κ3) is 3.91. The van der Waals surface area contributed by atoms with Crippen molar-refractivity contribution in [3.63, 3.8) is 0 Å². The molecule has 17 heavy (non-hydrogen) atoms. The van der Waals surface area contributed by atoms with Crippen LogP contribution in [0.5, 0.6) is 0 Å². The monoisotopic (exact) mass is 310 g/mol. The lowest BCUT2D eigenvalue weighted by Crippen LogP contribution is -2.29. The Morgan fingerprint density at radius 1 is 1.24 bits per heavy atom. The average molecular weight is 311 g/mol. The van der Waals surface area contributed by atoms with Gasteiger partial charge in [-0.25, -0.2) is 0 Å². The maximum Gasteiger partial charge on any atom is 0.0701 e. The zero-order valence-corrected chi connectivity index (χ0v) is 12.1. The van der Waals surface area contributed by atoms with Crippen LogP contribution in [0.4, 0.5) is 0 Å². The first-order valence-corrected chi connectivity index (χ1v) is 7.19. The Morgan fingerprint density at radius 3 is 2.59 bits per heavy atom. The Balaban J connectivity index is 1.98. The third-order valence-electron chi connectivity index (χ3n) is 2.72. The number of likely N-dealkylation sites (N-methyl/N-ethyl adjacent to an activating group) is 1. The van der Waals surface area contributed by atoms with Crippen molar-refractivity contribution in [3.8, 4) is 0 Å². The number of pyridine rings is 1. The molecule has 0 saturated heterocycles. The molecule has 0 aliphatic heterocycles. The van der Waals surface area contributed by atoms with E-state index in [2.05, 4.69) is 50.5 Å². The van der Waals surface area contributed by atoms with Gasteiger partial charge in [-0.1, -0.05) is 0 Å². The number of nitrogens with one attached hydrogen (secondary N) is 1. The molecular weight excluding hydrogens is 296 g/mol. The van der Waals surface area contributed by atoms with E-state index in [0.717, 1.165) is 12.8 Å². The molecule has 2 nitrogen and oxygen atoms in total. The molecule has 0 saturated carbocycles. The second-order valence-electron chi connectivity index (χ2n) is 3.96. The van der Waals surface area contributed by atoms with Gasteiger partial charge in [-0.3, -0.25) is 4.98 Å². The summed E-state index contributed by atoms with van der Waals surface area (Å²) in [6, 6.07) is 8.93. The summed E-state index contributed by atoms with van der Waals surface area (Å²) in [5.74, 6) is 0. The molecule has 4 heteroatoms. The molecule has 0 aliphatic rings. The van der Waals surface area contributed by atoms with Gasteiger partial charge >= 0.3 is 0 Å². The summed E-state index contributed by atoms with van der Waals surface area (Å²) in [5, 5.41) is 3.38. The number of thiophene rings is 1. The summed E-state index contributed by atoms with van der Waals surface area (Å²) in [4.78, 5) is 5.45. The summed E-state index contributed by atoms with van der Waals surface area (Å²) in [5.41, 5.74) is 1.33. The number of aromatic nitrogens is 1. The molecule has 0 aromatic carbocycles. The van der Waals surface area contributed by atoms with E-state index >= 15 is 0 Å². The van der Waals surface area contributed by atoms with Gasteiger partial charge in [0.2, 0.25) is 0 Å². The standard InChI is InChI=1S/C13H15BrN2S/c1-15-11(8-10-4-6-16-7-5-10)9-12-2-3-13(14)17-12/h2-7,11,15H,8-9H2,1H3. The zero-order valence-electron chi connectivity index (χ0n) is 9.69. The van der Waals surface area contributed by atoms with Crippen molar-refractivity contribution in [1.29, 1.82) is 0 Å². The number of hydrogen-bond donors (Lipinski definition) is 1. The minimum absolute atomic E-state index is 0.475. The molecule has 90 valence electrons. The van der Waals surface area contributed by atoms with Gasteiger partial charge in [-0.15, -0.1) is 11.3 Å². The lowest BCUT2D eigenvalue weighted by molar-refractivity contribution is 0.560. The fourth-order valence-corrected chi connectivity index (χ4v) is 3.35. The van der Waals surface area contributed by atoms with Crippen LogP contribution in [0.3, 0.4) is 0 Å². The van der Waals surface area contributed by atoms with Crippen LogP contribution in [0.2, 0.25) is 0 Å². The Hall–Kier alpha value is -0.710. The van der Waals surface area contributed by atoms with Crippen LogP contribution in [0, 0.1) is 0 Å². The Labute approximate surface area is 114 Å². The van der Waals surface area contributed by atoms with Crippen molar-refractivity contribution >= 4 is 27.3 Å². The lowest BCUT2D eigenvalue weighted by Gasteiger charge is -2.15. The molecule has 2 aromatic rings. The first-order valence-electron chi connectivity index (χ1n) is 5.58. The maximum atomic E-state index is 4.04. The van der Waals surface area contributed by atoms with E-state index in [9.17, 15) is 0 Å². The first kappa shape index (κ1) is 12.7. The van der Waals surface area contributed by atoms with Crippen molar-refractivity contribution < 1.29 is 0 Å². The summed E-state index contributed by atoms with van der Waals surface area (Å²) >= 11 is 5.31. The van der Waals surface area contributed by atoms with Crippen LogP contribution in [0.15, 0.2) is 40.4 Å². The normalized spacial score (nSPS) is 12.6. The highest BCUT2D eigenvalue weighted by Gasteiger charge is 2.09. The SMILES string of the molecule is CNC(Cc1ccncc1)Cc1ccc(Br)s1. The third-order valence-corrected chi connectivity index (χ3v) is 4.36. The first-order chi connectivity index (χ1) is 8.28. The van der Waals surface area contributed by atoms with Gasteiger partial charge in [0.25, 0.3) is 0 Å². The Bertz CT molecular complexity index is 455. The van der Waals surface area contributed by atoms with E-state index in [1.54, 1.807) is 11.3 Å². The summed E-state index contributed by atoms with van der Waals surface area (Å²) in [6.45, 7) is 0. The van der Waals surface area contributed by atoms with Gasteiger partial charge in [-0.2, -0.15) is 0 Å². The van der Waals surface area contributed by atoms with Gasteiger partial charge < -0.3 is 5.32 Å². The summed E-state index contributed by atoms with van der Waals surface area (Å²) in [7, 11) is 2.02. The van der Waals surface area contributed by atoms with Crippen LogP contribution in [-0.4, -0.2) is 18.1 Å². The van der Waals surface area contributed by atoms with Crippen molar-refractivity contribution in [2.75, 3.05) is 7.05 Å². The number of nitrogens with zero attached hydrogens (tertiary/aromatic N) is 1. The lowest BCUT2D eigenvalue weighted by atomic mass is 10.0. The van der Waals surface area contributed by atoms with Gasteiger partial charge in [0.15, 0.2) is 0 Å². The van der Waals surface area contributed by atoms with Gasteiger partial charge in [-0.05, 0) is 65.6 Å². The second-order valence-corrected chi connectivity index (χ2v) is 6.50.